The molecular formula is C18H21F3N2O2S. The van der Waals surface area contributed by atoms with Gasteiger partial charge in [-0.15, -0.1) is 11.3 Å². The topological polar surface area (TPSA) is 36.7 Å². The molecular weight excluding hydrogens is 365 g/mol. The number of thiophene rings is 1. The number of amides is 1. The SMILES string of the molecule is CCC1c2ccsc2CCN1CC(=O)N(Cc1ccco1)CC(F)(F)F. The van der Waals surface area contributed by atoms with Crippen LogP contribution in [-0.2, 0) is 17.8 Å². The maximum Gasteiger partial charge on any atom is 0.406 e. The summed E-state index contributed by atoms with van der Waals surface area (Å²) in [5.41, 5.74) is 1.20. The molecule has 0 radical (unpaired) electrons. The van der Waals surface area contributed by atoms with Crippen LogP contribution in [0.1, 0.15) is 35.6 Å². The molecule has 0 bridgehead atoms. The Morgan fingerprint density at radius 2 is 2.23 bits per heavy atom. The van der Waals surface area contributed by atoms with E-state index in [1.54, 1.807) is 23.5 Å². The number of alkyl halides is 3. The second-order valence-electron chi connectivity index (χ2n) is 6.39. The summed E-state index contributed by atoms with van der Waals surface area (Å²) in [7, 11) is 0. The number of nitrogens with zero attached hydrogens (tertiary/aromatic N) is 2. The van der Waals surface area contributed by atoms with Gasteiger partial charge in [0.2, 0.25) is 5.91 Å². The average molecular weight is 386 g/mol. The lowest BCUT2D eigenvalue weighted by Gasteiger charge is -2.36. The highest BCUT2D eigenvalue weighted by atomic mass is 32.1. The molecule has 0 saturated carbocycles. The molecule has 142 valence electrons. The van der Waals surface area contributed by atoms with Gasteiger partial charge in [-0.1, -0.05) is 6.92 Å². The van der Waals surface area contributed by atoms with E-state index in [0.29, 0.717) is 12.3 Å². The van der Waals surface area contributed by atoms with Gasteiger partial charge in [-0.3, -0.25) is 9.69 Å². The van der Waals surface area contributed by atoms with Crippen molar-refractivity contribution in [2.24, 2.45) is 0 Å². The van der Waals surface area contributed by atoms with E-state index in [-0.39, 0.29) is 19.1 Å². The summed E-state index contributed by atoms with van der Waals surface area (Å²) in [5, 5.41) is 2.03. The second-order valence-corrected chi connectivity index (χ2v) is 7.39. The largest absolute Gasteiger partial charge is 0.467 e. The van der Waals surface area contributed by atoms with Crippen LogP contribution in [0.5, 0.6) is 0 Å². The van der Waals surface area contributed by atoms with E-state index in [1.807, 2.05) is 17.2 Å². The molecule has 3 rings (SSSR count). The highest BCUT2D eigenvalue weighted by molar-refractivity contribution is 7.10. The smallest absolute Gasteiger partial charge is 0.406 e. The fourth-order valence-corrected chi connectivity index (χ4v) is 4.36. The number of hydrogen-bond donors (Lipinski definition) is 0. The Hall–Kier alpha value is -1.80. The number of rotatable bonds is 6. The summed E-state index contributed by atoms with van der Waals surface area (Å²) < 4.78 is 43.9. The Labute approximate surface area is 154 Å². The number of hydrogen-bond acceptors (Lipinski definition) is 4. The lowest BCUT2D eigenvalue weighted by molar-refractivity contribution is -0.163. The van der Waals surface area contributed by atoms with E-state index in [1.165, 1.54) is 16.7 Å². The van der Waals surface area contributed by atoms with Gasteiger partial charge in [0.1, 0.15) is 12.3 Å². The van der Waals surface area contributed by atoms with Gasteiger partial charge in [-0.2, -0.15) is 13.2 Å². The van der Waals surface area contributed by atoms with E-state index in [0.717, 1.165) is 17.7 Å². The van der Waals surface area contributed by atoms with Gasteiger partial charge in [-0.25, -0.2) is 0 Å². The average Bonchev–Trinajstić information content (AvgIpc) is 3.23. The van der Waals surface area contributed by atoms with Crippen molar-refractivity contribution in [2.75, 3.05) is 19.6 Å². The molecule has 3 heterocycles. The van der Waals surface area contributed by atoms with Crippen molar-refractivity contribution in [1.82, 2.24) is 9.80 Å². The normalized spacial score (nSPS) is 17.9. The highest BCUT2D eigenvalue weighted by Gasteiger charge is 2.35. The minimum Gasteiger partial charge on any atom is -0.467 e. The van der Waals surface area contributed by atoms with Crippen LogP contribution in [0, 0.1) is 0 Å². The maximum atomic E-state index is 12.9. The Morgan fingerprint density at radius 3 is 2.88 bits per heavy atom. The summed E-state index contributed by atoms with van der Waals surface area (Å²) in [4.78, 5) is 16.8. The summed E-state index contributed by atoms with van der Waals surface area (Å²) in [5.74, 6) is -0.190. The first-order chi connectivity index (χ1) is 12.4. The van der Waals surface area contributed by atoms with E-state index in [2.05, 4.69) is 6.07 Å². The first-order valence-electron chi connectivity index (χ1n) is 8.54. The number of carbonyl (C=O) groups excluding carboxylic acids is 1. The van der Waals surface area contributed by atoms with Crippen LogP contribution in [-0.4, -0.2) is 41.5 Å². The number of fused-ring (bicyclic) bond motifs is 1. The van der Waals surface area contributed by atoms with Crippen molar-refractivity contribution < 1.29 is 22.4 Å². The van der Waals surface area contributed by atoms with Crippen LogP contribution in [0.3, 0.4) is 0 Å². The van der Waals surface area contributed by atoms with Crippen molar-refractivity contribution >= 4 is 17.2 Å². The predicted octanol–water partition coefficient (Wildman–Crippen LogP) is 4.24. The molecule has 2 aromatic rings. The summed E-state index contributed by atoms with van der Waals surface area (Å²) in [6.45, 7) is 1.23. The van der Waals surface area contributed by atoms with Gasteiger partial charge in [0, 0.05) is 17.5 Å². The molecule has 26 heavy (non-hydrogen) atoms. The molecule has 0 fully saturated rings. The zero-order chi connectivity index (χ0) is 18.7. The van der Waals surface area contributed by atoms with Gasteiger partial charge in [-0.05, 0) is 42.0 Å². The van der Waals surface area contributed by atoms with E-state index >= 15 is 0 Å². The van der Waals surface area contributed by atoms with Crippen molar-refractivity contribution in [2.45, 2.75) is 38.5 Å². The quantitative estimate of drug-likeness (QED) is 0.745. The minimum absolute atomic E-state index is 0.0232. The Morgan fingerprint density at radius 1 is 1.42 bits per heavy atom. The minimum atomic E-state index is -4.45. The van der Waals surface area contributed by atoms with Crippen LogP contribution >= 0.6 is 11.3 Å². The second kappa shape index (κ2) is 7.84. The van der Waals surface area contributed by atoms with Gasteiger partial charge in [0.15, 0.2) is 0 Å². The maximum absolute atomic E-state index is 12.9. The molecule has 2 aromatic heterocycles. The van der Waals surface area contributed by atoms with Crippen molar-refractivity contribution in [3.8, 4) is 0 Å². The van der Waals surface area contributed by atoms with E-state index in [4.69, 9.17) is 4.42 Å². The van der Waals surface area contributed by atoms with Crippen LogP contribution in [0.2, 0.25) is 0 Å². The molecule has 1 aliphatic heterocycles. The molecule has 8 heteroatoms. The fourth-order valence-electron chi connectivity index (χ4n) is 3.43. The van der Waals surface area contributed by atoms with Gasteiger partial charge >= 0.3 is 6.18 Å². The predicted molar refractivity (Wildman–Crippen MR) is 92.8 cm³/mol. The number of carbonyl (C=O) groups is 1. The number of furan rings is 1. The fraction of sp³-hybridized carbons (Fsp3) is 0.500. The van der Waals surface area contributed by atoms with Gasteiger partial charge in [0.25, 0.3) is 0 Å². The molecule has 1 atom stereocenters. The molecule has 0 spiro atoms. The standard InChI is InChI=1S/C18H21F3N2O2S/c1-2-15-14-6-9-26-16(14)5-7-22(15)11-17(24)23(12-18(19,20)21)10-13-4-3-8-25-13/h3-4,6,8-9,15H,2,5,7,10-12H2,1H3. The van der Waals surface area contributed by atoms with Crippen LogP contribution in [0.25, 0.3) is 0 Å². The molecule has 1 amide bonds. The number of halogens is 3. The monoisotopic (exact) mass is 386 g/mol. The molecule has 0 N–H and O–H groups in total. The third kappa shape index (κ3) is 4.48. The molecule has 0 aromatic carbocycles. The summed E-state index contributed by atoms with van der Waals surface area (Å²) in [6.07, 6.45) is -1.42. The van der Waals surface area contributed by atoms with Gasteiger partial charge in [0.05, 0.1) is 19.4 Å². The van der Waals surface area contributed by atoms with Crippen LogP contribution in [0.4, 0.5) is 13.2 Å². The molecule has 1 unspecified atom stereocenters. The highest BCUT2D eigenvalue weighted by Crippen LogP contribution is 2.35. The Kier molecular flexibility index (Phi) is 5.72. The zero-order valence-corrected chi connectivity index (χ0v) is 15.3. The third-order valence-electron chi connectivity index (χ3n) is 4.58. The van der Waals surface area contributed by atoms with Crippen molar-refractivity contribution in [3.05, 3.63) is 46.0 Å². The molecule has 1 aliphatic rings. The Bertz CT molecular complexity index is 727. The molecule has 4 nitrogen and oxygen atoms in total. The first-order valence-corrected chi connectivity index (χ1v) is 9.42. The Balaban J connectivity index is 1.72. The van der Waals surface area contributed by atoms with Crippen molar-refractivity contribution in [3.63, 3.8) is 0 Å². The van der Waals surface area contributed by atoms with E-state index < -0.39 is 18.6 Å². The first kappa shape index (κ1) is 19.0. The van der Waals surface area contributed by atoms with Crippen LogP contribution < -0.4 is 0 Å². The third-order valence-corrected chi connectivity index (χ3v) is 5.58. The summed E-state index contributed by atoms with van der Waals surface area (Å²) in [6, 6.07) is 5.30. The van der Waals surface area contributed by atoms with E-state index in [9.17, 15) is 18.0 Å². The lowest BCUT2D eigenvalue weighted by atomic mass is 9.98. The van der Waals surface area contributed by atoms with Crippen LogP contribution in [0.15, 0.2) is 34.3 Å². The summed E-state index contributed by atoms with van der Waals surface area (Å²) >= 11 is 1.70. The van der Waals surface area contributed by atoms with Crippen molar-refractivity contribution in [1.29, 1.82) is 0 Å². The molecule has 0 saturated heterocycles. The zero-order valence-electron chi connectivity index (χ0n) is 14.5. The molecule has 0 aliphatic carbocycles. The lowest BCUT2D eigenvalue weighted by Crippen LogP contribution is -2.46. The van der Waals surface area contributed by atoms with Gasteiger partial charge < -0.3 is 9.32 Å².